The number of carbonyl (C=O) groups excluding carboxylic acids is 1. The van der Waals surface area contributed by atoms with Gasteiger partial charge < -0.3 is 4.74 Å². The molecule has 1 aromatic rings. The van der Waals surface area contributed by atoms with Crippen molar-refractivity contribution in [1.82, 2.24) is 0 Å². The van der Waals surface area contributed by atoms with Crippen LogP contribution in [0.4, 0.5) is 0 Å². The molecule has 1 rings (SSSR count). The van der Waals surface area contributed by atoms with Gasteiger partial charge in [0.05, 0.1) is 7.11 Å². The van der Waals surface area contributed by atoms with Crippen molar-refractivity contribution in [2.45, 2.75) is 32.1 Å². The third kappa shape index (κ3) is 5.31. The average Bonchev–Trinajstić information content (AvgIpc) is 2.31. The smallest absolute Gasteiger partial charge is 0.305 e. The second-order valence-corrected chi connectivity index (χ2v) is 4.68. The van der Waals surface area contributed by atoms with Crippen molar-refractivity contribution in [3.63, 3.8) is 0 Å². The van der Waals surface area contributed by atoms with Gasteiger partial charge >= 0.3 is 5.97 Å². The molecule has 0 fully saturated rings. The van der Waals surface area contributed by atoms with Crippen molar-refractivity contribution in [3.05, 3.63) is 34.3 Å². The van der Waals surface area contributed by atoms with Crippen LogP contribution in [0, 0.1) is 0 Å². The molecule has 0 aliphatic carbocycles. The highest BCUT2D eigenvalue weighted by Gasteiger charge is 1.99. The zero-order chi connectivity index (χ0) is 11.8. The van der Waals surface area contributed by atoms with E-state index < -0.39 is 0 Å². The Labute approximate surface area is 105 Å². The van der Waals surface area contributed by atoms with E-state index in [9.17, 15) is 4.79 Å². The number of halogens is 1. The van der Waals surface area contributed by atoms with Crippen molar-refractivity contribution >= 4 is 21.9 Å². The topological polar surface area (TPSA) is 26.3 Å². The number of rotatable bonds is 6. The molecule has 0 N–H and O–H groups in total. The van der Waals surface area contributed by atoms with E-state index in [1.165, 1.54) is 12.7 Å². The Morgan fingerprint density at radius 1 is 1.19 bits per heavy atom. The van der Waals surface area contributed by atoms with Crippen LogP contribution in [0.2, 0.25) is 0 Å². The van der Waals surface area contributed by atoms with Gasteiger partial charge in [-0.3, -0.25) is 4.79 Å². The van der Waals surface area contributed by atoms with Crippen LogP contribution in [-0.4, -0.2) is 13.1 Å². The van der Waals surface area contributed by atoms with Crippen LogP contribution in [0.1, 0.15) is 31.2 Å². The number of carbonyl (C=O) groups is 1. The fourth-order valence-electron chi connectivity index (χ4n) is 1.53. The first-order valence-electron chi connectivity index (χ1n) is 5.53. The minimum Gasteiger partial charge on any atom is -0.469 e. The summed E-state index contributed by atoms with van der Waals surface area (Å²) in [5.74, 6) is -0.108. The summed E-state index contributed by atoms with van der Waals surface area (Å²) in [5, 5.41) is 0. The van der Waals surface area contributed by atoms with Crippen molar-refractivity contribution in [2.75, 3.05) is 7.11 Å². The lowest BCUT2D eigenvalue weighted by Gasteiger charge is -2.02. The molecule has 0 unspecified atom stereocenters. The number of ether oxygens (including phenoxy) is 1. The first-order chi connectivity index (χ1) is 7.72. The molecule has 0 atom stereocenters. The highest BCUT2D eigenvalue weighted by atomic mass is 79.9. The van der Waals surface area contributed by atoms with E-state index in [2.05, 4.69) is 44.9 Å². The number of benzene rings is 1. The Kier molecular flexibility index (Phi) is 6.16. The standard InChI is InChI=1S/C13H17BrO2/c1-16-13(15)6-4-2-3-5-11-7-9-12(14)10-8-11/h7-10H,2-6H2,1H3. The lowest BCUT2D eigenvalue weighted by Crippen LogP contribution is -1.99. The van der Waals surface area contributed by atoms with Crippen molar-refractivity contribution in [1.29, 1.82) is 0 Å². The lowest BCUT2D eigenvalue weighted by atomic mass is 10.1. The Balaban J connectivity index is 2.11. The van der Waals surface area contributed by atoms with Crippen LogP contribution in [0.5, 0.6) is 0 Å². The number of methoxy groups -OCH3 is 1. The van der Waals surface area contributed by atoms with Gasteiger partial charge in [0.2, 0.25) is 0 Å². The Morgan fingerprint density at radius 2 is 1.88 bits per heavy atom. The Hall–Kier alpha value is -0.830. The molecule has 0 amide bonds. The van der Waals surface area contributed by atoms with Gasteiger partial charge in [-0.15, -0.1) is 0 Å². The average molecular weight is 285 g/mol. The van der Waals surface area contributed by atoms with Gasteiger partial charge in [-0.05, 0) is 37.0 Å². The Bertz CT molecular complexity index is 319. The molecular weight excluding hydrogens is 268 g/mol. The highest BCUT2D eigenvalue weighted by molar-refractivity contribution is 9.10. The van der Waals surface area contributed by atoms with E-state index in [-0.39, 0.29) is 5.97 Å². The van der Waals surface area contributed by atoms with Crippen molar-refractivity contribution < 1.29 is 9.53 Å². The summed E-state index contributed by atoms with van der Waals surface area (Å²) in [6, 6.07) is 8.38. The largest absolute Gasteiger partial charge is 0.469 e. The quantitative estimate of drug-likeness (QED) is 0.588. The number of aryl methyl sites for hydroxylation is 1. The third-order valence-corrected chi connectivity index (χ3v) is 3.02. The maximum Gasteiger partial charge on any atom is 0.305 e. The summed E-state index contributed by atoms with van der Waals surface area (Å²) in [5.41, 5.74) is 1.35. The van der Waals surface area contributed by atoms with Crippen LogP contribution < -0.4 is 0 Å². The number of esters is 1. The van der Waals surface area contributed by atoms with Crippen molar-refractivity contribution in [2.24, 2.45) is 0 Å². The van der Waals surface area contributed by atoms with Crippen LogP contribution in [0.25, 0.3) is 0 Å². The van der Waals surface area contributed by atoms with Crippen LogP contribution in [0.15, 0.2) is 28.7 Å². The van der Waals surface area contributed by atoms with Gasteiger partial charge in [-0.25, -0.2) is 0 Å². The van der Waals surface area contributed by atoms with Gasteiger partial charge in [0.15, 0.2) is 0 Å². The third-order valence-electron chi connectivity index (χ3n) is 2.49. The van der Waals surface area contributed by atoms with Gasteiger partial charge in [0.25, 0.3) is 0 Å². The minimum absolute atomic E-state index is 0.108. The molecule has 88 valence electrons. The maximum atomic E-state index is 10.9. The maximum absolute atomic E-state index is 10.9. The highest BCUT2D eigenvalue weighted by Crippen LogP contribution is 2.13. The molecule has 0 saturated carbocycles. The van der Waals surface area contributed by atoms with E-state index >= 15 is 0 Å². The summed E-state index contributed by atoms with van der Waals surface area (Å²) in [6.07, 6.45) is 4.73. The van der Waals surface area contributed by atoms with E-state index in [1.54, 1.807) is 0 Å². The van der Waals surface area contributed by atoms with Gasteiger partial charge in [0, 0.05) is 10.9 Å². The predicted molar refractivity (Wildman–Crippen MR) is 68.3 cm³/mol. The molecule has 0 aliphatic rings. The first-order valence-corrected chi connectivity index (χ1v) is 6.33. The number of hydrogen-bond acceptors (Lipinski definition) is 2. The molecule has 0 aromatic heterocycles. The lowest BCUT2D eigenvalue weighted by molar-refractivity contribution is -0.140. The first kappa shape index (κ1) is 13.2. The molecule has 2 nitrogen and oxygen atoms in total. The van der Waals surface area contributed by atoms with Crippen LogP contribution >= 0.6 is 15.9 Å². The summed E-state index contributed by atoms with van der Waals surface area (Å²) in [7, 11) is 1.43. The Morgan fingerprint density at radius 3 is 2.50 bits per heavy atom. The molecule has 0 aliphatic heterocycles. The van der Waals surface area contributed by atoms with E-state index in [0.29, 0.717) is 6.42 Å². The van der Waals surface area contributed by atoms with Gasteiger partial charge in [-0.1, -0.05) is 34.5 Å². The molecule has 16 heavy (non-hydrogen) atoms. The van der Waals surface area contributed by atoms with Crippen LogP contribution in [-0.2, 0) is 16.0 Å². The summed E-state index contributed by atoms with van der Waals surface area (Å²) in [4.78, 5) is 10.9. The molecule has 0 saturated heterocycles. The molecule has 0 spiro atoms. The fourth-order valence-corrected chi connectivity index (χ4v) is 1.79. The van der Waals surface area contributed by atoms with Gasteiger partial charge in [-0.2, -0.15) is 0 Å². The zero-order valence-corrected chi connectivity index (χ0v) is 11.1. The minimum atomic E-state index is -0.108. The summed E-state index contributed by atoms with van der Waals surface area (Å²) in [6.45, 7) is 0. The van der Waals surface area contributed by atoms with E-state index in [1.807, 2.05) is 0 Å². The fraction of sp³-hybridized carbons (Fsp3) is 0.462. The SMILES string of the molecule is COC(=O)CCCCCc1ccc(Br)cc1. The van der Waals surface area contributed by atoms with Crippen LogP contribution in [0.3, 0.4) is 0 Å². The molecular formula is C13H17BrO2. The van der Waals surface area contributed by atoms with E-state index in [4.69, 9.17) is 0 Å². The molecule has 1 aromatic carbocycles. The normalized spacial score (nSPS) is 10.1. The zero-order valence-electron chi connectivity index (χ0n) is 9.54. The molecule has 0 heterocycles. The number of hydrogen-bond donors (Lipinski definition) is 0. The van der Waals surface area contributed by atoms with E-state index in [0.717, 1.165) is 30.2 Å². The second-order valence-electron chi connectivity index (χ2n) is 3.76. The molecule has 0 radical (unpaired) electrons. The predicted octanol–water partition coefficient (Wildman–Crippen LogP) is 3.73. The second kappa shape index (κ2) is 7.44. The van der Waals surface area contributed by atoms with Gasteiger partial charge in [0.1, 0.15) is 0 Å². The molecule has 0 bridgehead atoms. The number of unbranched alkanes of at least 4 members (excludes halogenated alkanes) is 2. The summed E-state index contributed by atoms with van der Waals surface area (Å²) < 4.78 is 5.70. The molecule has 3 heteroatoms. The van der Waals surface area contributed by atoms with Crippen molar-refractivity contribution in [3.8, 4) is 0 Å². The monoisotopic (exact) mass is 284 g/mol. The summed E-state index contributed by atoms with van der Waals surface area (Å²) >= 11 is 3.41.